The second-order valence-corrected chi connectivity index (χ2v) is 5.94. The van der Waals surface area contributed by atoms with Crippen LogP contribution in [0.2, 0.25) is 0 Å². The van der Waals surface area contributed by atoms with E-state index in [0.717, 1.165) is 27.7 Å². The highest BCUT2D eigenvalue weighted by Crippen LogP contribution is 2.21. The second kappa shape index (κ2) is 7.24. The molecule has 0 N–H and O–H groups in total. The Morgan fingerprint density at radius 2 is 1.46 bits per heavy atom. The molecule has 2 aromatic heterocycles. The molecule has 9 heteroatoms. The average Bonchev–Trinajstić information content (AvgIpc) is 2.60. The Labute approximate surface area is 149 Å². The van der Waals surface area contributed by atoms with Crippen molar-refractivity contribution in [2.45, 2.75) is 0 Å². The molecule has 0 aliphatic rings. The van der Waals surface area contributed by atoms with Crippen LogP contribution in [0.5, 0.6) is 0 Å². The van der Waals surface area contributed by atoms with E-state index in [2.05, 4.69) is 10.1 Å². The minimum absolute atomic E-state index is 0.254. The van der Waals surface area contributed by atoms with Crippen LogP contribution in [0.1, 0.15) is 0 Å². The first-order valence-electron chi connectivity index (χ1n) is 7.25. The Balaban J connectivity index is 0.000000349. The minimum atomic E-state index is -4.94. The Morgan fingerprint density at radius 1 is 0.808 bits per heavy atom. The summed E-state index contributed by atoms with van der Waals surface area (Å²) in [6.45, 7) is 0. The zero-order chi connectivity index (χ0) is 18.7. The first kappa shape index (κ1) is 18.1. The Kier molecular flexibility index (Phi) is 5.03. The first-order valence-corrected chi connectivity index (χ1v) is 8.49. The maximum absolute atomic E-state index is 13.1. The molecule has 0 aliphatic carbocycles. The molecule has 0 fully saturated rings. The Morgan fingerprint density at radius 3 is 2.15 bits per heavy atom. The third-order valence-corrected chi connectivity index (χ3v) is 3.53. The van der Waals surface area contributed by atoms with Crippen LogP contribution in [0.25, 0.3) is 27.7 Å². The Hall–Kier alpha value is -2.75. The van der Waals surface area contributed by atoms with Gasteiger partial charge >= 0.3 is 0 Å². The normalized spacial score (nSPS) is 11.3. The summed E-state index contributed by atoms with van der Waals surface area (Å²) in [6, 6.07) is 18.4. The maximum atomic E-state index is 13.1. The van der Waals surface area contributed by atoms with Crippen molar-refractivity contribution in [3.63, 3.8) is 0 Å². The predicted molar refractivity (Wildman–Crippen MR) is 78.1 cm³/mol. The van der Waals surface area contributed by atoms with Crippen molar-refractivity contribution in [1.82, 2.24) is 10.1 Å². The third kappa shape index (κ3) is 4.26. The predicted octanol–water partition coefficient (Wildman–Crippen LogP) is -1.58. The summed E-state index contributed by atoms with van der Waals surface area (Å²) >= 11 is 0. The monoisotopic (exact) mass is 375 g/mol. The van der Waals surface area contributed by atoms with E-state index in [1.807, 2.05) is 40.9 Å². The smallest absolute Gasteiger partial charge is 0.223 e. The lowest BCUT2D eigenvalue weighted by Gasteiger charge is -2.17. The van der Waals surface area contributed by atoms with Crippen molar-refractivity contribution >= 4 is 16.4 Å². The quantitative estimate of drug-likeness (QED) is 0.292. The first-order chi connectivity index (χ1) is 12.3. The molecule has 0 spiro atoms. The van der Waals surface area contributed by atoms with Gasteiger partial charge in [-0.3, -0.25) is 0 Å². The van der Waals surface area contributed by atoms with Gasteiger partial charge in [-0.2, -0.15) is 0 Å². The lowest BCUT2D eigenvalue weighted by molar-refractivity contribution is -2.00. The number of halogens is 2. The van der Waals surface area contributed by atoms with E-state index < -0.39 is 10.2 Å². The van der Waals surface area contributed by atoms with E-state index in [4.69, 9.17) is 18.6 Å². The summed E-state index contributed by atoms with van der Waals surface area (Å²) in [6.07, 6.45) is 1.53. The van der Waals surface area contributed by atoms with Crippen LogP contribution in [0.3, 0.4) is 0 Å². The van der Waals surface area contributed by atoms with E-state index in [1.54, 1.807) is 12.1 Å². The van der Waals surface area contributed by atoms with Gasteiger partial charge in [0, 0.05) is 28.2 Å². The minimum Gasteiger partial charge on any atom is -0.223 e. The number of fused-ring (bicyclic) bond motifs is 3. The van der Waals surface area contributed by atoms with Crippen molar-refractivity contribution in [1.29, 1.82) is 0 Å². The molecule has 0 amide bonds. The molecular formula is C17H11ClFN3O4. The SMILES string of the molecule is Fc1ccc(-c2ncn[n+]3c2ccc2ccccc23)cc1.[O-][Cl+3]([O-])([O-])[O-]. The average molecular weight is 376 g/mol. The maximum Gasteiger partial charge on any atom is 0.264 e. The van der Waals surface area contributed by atoms with Crippen LogP contribution >= 0.6 is 0 Å². The van der Waals surface area contributed by atoms with Gasteiger partial charge in [-0.25, -0.2) is 28.0 Å². The highest BCUT2D eigenvalue weighted by atomic mass is 35.7. The molecule has 0 unspecified atom stereocenters. The largest absolute Gasteiger partial charge is 0.264 e. The molecule has 0 atom stereocenters. The molecule has 0 radical (unpaired) electrons. The molecule has 0 saturated carbocycles. The second-order valence-electron chi connectivity index (χ2n) is 5.18. The molecule has 132 valence electrons. The van der Waals surface area contributed by atoms with Crippen LogP contribution in [0.15, 0.2) is 67.0 Å². The fourth-order valence-corrected chi connectivity index (χ4v) is 2.53. The highest BCUT2D eigenvalue weighted by molar-refractivity contribution is 5.81. The van der Waals surface area contributed by atoms with Gasteiger partial charge < -0.3 is 0 Å². The number of rotatable bonds is 1. The van der Waals surface area contributed by atoms with Crippen molar-refractivity contribution in [3.05, 3.63) is 72.8 Å². The molecule has 0 bridgehead atoms. The van der Waals surface area contributed by atoms with E-state index in [-0.39, 0.29) is 5.82 Å². The fraction of sp³-hybridized carbons (Fsp3) is 0. The van der Waals surface area contributed by atoms with Gasteiger partial charge in [0.1, 0.15) is 11.5 Å². The van der Waals surface area contributed by atoms with Gasteiger partial charge in [-0.15, -0.1) is 10.2 Å². The summed E-state index contributed by atoms with van der Waals surface area (Å²) in [5.41, 5.74) is 3.56. The number of aromatic nitrogens is 3. The summed E-state index contributed by atoms with van der Waals surface area (Å²) in [5, 5.41) is 5.45. The van der Waals surface area contributed by atoms with Crippen LogP contribution in [0, 0.1) is 16.1 Å². The molecule has 4 rings (SSSR count). The topological polar surface area (TPSA) is 122 Å². The van der Waals surface area contributed by atoms with Crippen molar-refractivity contribution in [2.75, 3.05) is 0 Å². The molecule has 7 nitrogen and oxygen atoms in total. The molecular weight excluding hydrogens is 365 g/mol. The van der Waals surface area contributed by atoms with Crippen molar-refractivity contribution < 1.29 is 37.8 Å². The number of hydrogen-bond donors (Lipinski definition) is 0. The summed E-state index contributed by atoms with van der Waals surface area (Å²) in [4.78, 5) is 4.36. The van der Waals surface area contributed by atoms with Crippen LogP contribution in [0.4, 0.5) is 4.39 Å². The van der Waals surface area contributed by atoms with Gasteiger partial charge in [0.15, 0.2) is 6.33 Å². The van der Waals surface area contributed by atoms with E-state index >= 15 is 0 Å². The zero-order valence-corrected chi connectivity index (χ0v) is 13.8. The van der Waals surface area contributed by atoms with Gasteiger partial charge in [-0.1, -0.05) is 12.1 Å². The lowest BCUT2D eigenvalue weighted by atomic mass is 10.1. The molecule has 4 aromatic rings. The van der Waals surface area contributed by atoms with Gasteiger partial charge in [0.05, 0.1) is 0 Å². The highest BCUT2D eigenvalue weighted by Gasteiger charge is 2.16. The molecule has 26 heavy (non-hydrogen) atoms. The fourth-order valence-electron chi connectivity index (χ4n) is 2.53. The van der Waals surface area contributed by atoms with Crippen LogP contribution < -0.4 is 23.2 Å². The van der Waals surface area contributed by atoms with Gasteiger partial charge in [-0.05, 0) is 40.9 Å². The standard InChI is InChI=1S/C17H11FN3.ClHO4/c18-14-8-5-13(6-9-14)17-16-10-7-12-3-1-2-4-15(12)21(16)20-11-19-17;2-1(3,4)5/h1-11H;(H,2,3,4,5)/q+1;/p-1. The lowest BCUT2D eigenvalue weighted by Crippen LogP contribution is -2.68. The molecule has 0 saturated heterocycles. The number of benzene rings is 2. The summed E-state index contributed by atoms with van der Waals surface area (Å²) in [7, 11) is -4.94. The number of para-hydroxylation sites is 1. The van der Waals surface area contributed by atoms with E-state index in [1.165, 1.54) is 18.5 Å². The van der Waals surface area contributed by atoms with Crippen molar-refractivity contribution in [3.8, 4) is 11.3 Å². The summed E-state index contributed by atoms with van der Waals surface area (Å²) < 4.78 is 48.9. The van der Waals surface area contributed by atoms with Gasteiger partial charge in [0.2, 0.25) is 5.52 Å². The summed E-state index contributed by atoms with van der Waals surface area (Å²) in [5.74, 6) is -0.254. The third-order valence-electron chi connectivity index (χ3n) is 3.53. The van der Waals surface area contributed by atoms with Gasteiger partial charge in [0.25, 0.3) is 5.52 Å². The van der Waals surface area contributed by atoms with E-state index in [9.17, 15) is 4.39 Å². The number of pyridine rings is 1. The van der Waals surface area contributed by atoms with E-state index in [0.29, 0.717) is 0 Å². The molecule has 0 aliphatic heterocycles. The zero-order valence-electron chi connectivity index (χ0n) is 13.1. The van der Waals surface area contributed by atoms with Crippen LogP contribution in [-0.4, -0.2) is 10.1 Å². The molecule has 2 heterocycles. The molecule has 2 aromatic carbocycles. The Bertz CT molecular complexity index is 1050. The number of nitrogens with zero attached hydrogens (tertiary/aromatic N) is 3. The van der Waals surface area contributed by atoms with Crippen molar-refractivity contribution in [2.24, 2.45) is 0 Å². The van der Waals surface area contributed by atoms with Crippen LogP contribution in [-0.2, 0) is 0 Å². The number of hydrogen-bond acceptors (Lipinski definition) is 6.